The average molecular weight is 333 g/mol. The summed E-state index contributed by atoms with van der Waals surface area (Å²) in [4.78, 5) is 16.8. The van der Waals surface area contributed by atoms with E-state index in [-0.39, 0.29) is 17.0 Å². The van der Waals surface area contributed by atoms with Gasteiger partial charge in [0, 0.05) is 19.3 Å². The fourth-order valence-corrected chi connectivity index (χ4v) is 2.68. The Labute approximate surface area is 139 Å². The highest BCUT2D eigenvalue weighted by Gasteiger charge is 2.14. The summed E-state index contributed by atoms with van der Waals surface area (Å²) in [6.07, 6.45) is 1.35. The van der Waals surface area contributed by atoms with Gasteiger partial charge in [0.05, 0.1) is 7.11 Å². The Bertz CT molecular complexity index is 853. The largest absolute Gasteiger partial charge is 0.494 e. The van der Waals surface area contributed by atoms with Crippen LogP contribution in [0.3, 0.4) is 0 Å². The third kappa shape index (κ3) is 3.19. The highest BCUT2D eigenvalue weighted by molar-refractivity contribution is 7.71. The van der Waals surface area contributed by atoms with Gasteiger partial charge in [-0.05, 0) is 38.2 Å². The van der Waals surface area contributed by atoms with E-state index in [9.17, 15) is 9.90 Å². The normalized spacial score (nSPS) is 11.1. The molecular weight excluding hydrogens is 314 g/mol. The fourth-order valence-electron chi connectivity index (χ4n) is 2.26. The predicted molar refractivity (Wildman–Crippen MR) is 92.8 cm³/mol. The van der Waals surface area contributed by atoms with Crippen molar-refractivity contribution in [1.82, 2.24) is 9.13 Å². The van der Waals surface area contributed by atoms with Gasteiger partial charge in [-0.3, -0.25) is 18.9 Å². The van der Waals surface area contributed by atoms with Gasteiger partial charge in [0.25, 0.3) is 5.56 Å². The highest BCUT2D eigenvalue weighted by Crippen LogP contribution is 2.26. The van der Waals surface area contributed by atoms with Crippen molar-refractivity contribution in [3.8, 4) is 11.6 Å². The number of methoxy groups -OCH3 is 1. The first-order chi connectivity index (χ1) is 11.0. The van der Waals surface area contributed by atoms with E-state index in [0.717, 1.165) is 0 Å². The molecular formula is C16H19N3O3S. The second kappa shape index (κ2) is 7.23. The van der Waals surface area contributed by atoms with Gasteiger partial charge in [0.2, 0.25) is 5.88 Å². The number of nitrogens with zero attached hydrogens (tertiary/aromatic N) is 3. The number of aromatic nitrogens is 2. The van der Waals surface area contributed by atoms with Crippen LogP contribution in [0, 0.1) is 4.77 Å². The zero-order chi connectivity index (χ0) is 17.0. The average Bonchev–Trinajstić information content (AvgIpc) is 2.56. The third-order valence-electron chi connectivity index (χ3n) is 3.48. The van der Waals surface area contributed by atoms with Crippen molar-refractivity contribution in [2.45, 2.75) is 26.9 Å². The molecule has 0 aliphatic carbocycles. The Balaban J connectivity index is 2.62. The summed E-state index contributed by atoms with van der Waals surface area (Å²) < 4.78 is 8.46. The van der Waals surface area contributed by atoms with Crippen molar-refractivity contribution in [1.29, 1.82) is 0 Å². The van der Waals surface area contributed by atoms with Crippen molar-refractivity contribution in [2.24, 2.45) is 4.99 Å². The highest BCUT2D eigenvalue weighted by atomic mass is 32.1. The molecule has 0 unspecified atom stereocenters. The molecule has 1 aromatic carbocycles. The molecule has 2 aromatic rings. The van der Waals surface area contributed by atoms with Gasteiger partial charge < -0.3 is 9.84 Å². The van der Waals surface area contributed by atoms with Gasteiger partial charge >= 0.3 is 0 Å². The molecule has 122 valence electrons. The van der Waals surface area contributed by atoms with E-state index >= 15 is 0 Å². The van der Waals surface area contributed by atoms with Gasteiger partial charge in [-0.1, -0.05) is 12.1 Å². The van der Waals surface area contributed by atoms with Gasteiger partial charge in [0.1, 0.15) is 17.0 Å². The topological polar surface area (TPSA) is 68.8 Å². The quantitative estimate of drug-likeness (QED) is 0.675. The Hall–Kier alpha value is -2.41. The van der Waals surface area contributed by atoms with Crippen LogP contribution >= 0.6 is 12.2 Å². The lowest BCUT2D eigenvalue weighted by atomic mass is 10.3. The van der Waals surface area contributed by atoms with Crippen molar-refractivity contribution in [3.63, 3.8) is 0 Å². The minimum Gasteiger partial charge on any atom is -0.494 e. The molecule has 23 heavy (non-hydrogen) atoms. The third-order valence-corrected chi connectivity index (χ3v) is 3.93. The molecule has 0 spiro atoms. The van der Waals surface area contributed by atoms with Crippen LogP contribution < -0.4 is 10.3 Å². The number of aromatic hydroxyl groups is 1. The number of hydrogen-bond donors (Lipinski definition) is 1. The number of ether oxygens (including phenoxy) is 1. The predicted octanol–water partition coefficient (Wildman–Crippen LogP) is 2.88. The first-order valence-electron chi connectivity index (χ1n) is 7.28. The van der Waals surface area contributed by atoms with Crippen LogP contribution in [-0.2, 0) is 13.1 Å². The summed E-state index contributed by atoms with van der Waals surface area (Å²) >= 11 is 5.24. The lowest BCUT2D eigenvalue weighted by Crippen LogP contribution is -2.27. The molecule has 0 aliphatic heterocycles. The van der Waals surface area contributed by atoms with E-state index in [0.29, 0.717) is 29.3 Å². The maximum absolute atomic E-state index is 12.5. The second-order valence-corrected chi connectivity index (χ2v) is 5.11. The summed E-state index contributed by atoms with van der Waals surface area (Å²) in [6, 6.07) is 7.18. The van der Waals surface area contributed by atoms with E-state index in [2.05, 4.69) is 4.99 Å². The number of benzene rings is 1. The molecule has 0 aliphatic rings. The molecule has 0 fully saturated rings. The van der Waals surface area contributed by atoms with Gasteiger partial charge in [-0.2, -0.15) is 0 Å². The van der Waals surface area contributed by atoms with Crippen molar-refractivity contribution >= 4 is 24.1 Å². The van der Waals surface area contributed by atoms with Crippen LogP contribution in [0.15, 0.2) is 34.1 Å². The Morgan fingerprint density at radius 1 is 1.26 bits per heavy atom. The molecule has 7 heteroatoms. The minimum absolute atomic E-state index is 0.105. The first kappa shape index (κ1) is 17.0. The molecule has 2 rings (SSSR count). The summed E-state index contributed by atoms with van der Waals surface area (Å²) in [5, 5.41) is 10.3. The summed E-state index contributed by atoms with van der Waals surface area (Å²) in [5.41, 5.74) is 0.314. The maximum atomic E-state index is 12.5. The first-order valence-corrected chi connectivity index (χ1v) is 7.69. The van der Waals surface area contributed by atoms with Gasteiger partial charge in [-0.25, -0.2) is 0 Å². The van der Waals surface area contributed by atoms with Crippen molar-refractivity contribution < 1.29 is 9.84 Å². The van der Waals surface area contributed by atoms with E-state index < -0.39 is 0 Å². The van der Waals surface area contributed by atoms with Crippen LogP contribution in [0.5, 0.6) is 11.6 Å². The molecule has 0 amide bonds. The lowest BCUT2D eigenvalue weighted by molar-refractivity contribution is 0.399. The van der Waals surface area contributed by atoms with Crippen LogP contribution in [-0.4, -0.2) is 27.6 Å². The maximum Gasteiger partial charge on any atom is 0.267 e. The molecule has 6 nitrogen and oxygen atoms in total. The second-order valence-electron chi connectivity index (χ2n) is 4.74. The number of hydrogen-bond acceptors (Lipinski definition) is 5. The SMILES string of the molecule is CCn1c(O)c(C=Nc2ccccc2OC)c(=O)n(CC)c1=S. The monoisotopic (exact) mass is 333 g/mol. The molecule has 0 saturated heterocycles. The van der Waals surface area contributed by atoms with Crippen LogP contribution in [0.25, 0.3) is 0 Å². The summed E-state index contributed by atoms with van der Waals surface area (Å²) in [7, 11) is 1.55. The van der Waals surface area contributed by atoms with Gasteiger partial charge in [-0.15, -0.1) is 0 Å². The molecule has 1 N–H and O–H groups in total. The van der Waals surface area contributed by atoms with E-state index in [1.165, 1.54) is 15.3 Å². The summed E-state index contributed by atoms with van der Waals surface area (Å²) in [6.45, 7) is 4.56. The number of rotatable bonds is 5. The van der Waals surface area contributed by atoms with Crippen LogP contribution in [0.4, 0.5) is 5.69 Å². The molecule has 1 aromatic heterocycles. The fraction of sp³-hybridized carbons (Fsp3) is 0.312. The minimum atomic E-state index is -0.363. The molecule has 1 heterocycles. The Morgan fingerprint density at radius 2 is 1.91 bits per heavy atom. The van der Waals surface area contributed by atoms with Crippen molar-refractivity contribution in [2.75, 3.05) is 7.11 Å². The van der Waals surface area contributed by atoms with Crippen LogP contribution in [0.2, 0.25) is 0 Å². The van der Waals surface area contributed by atoms with E-state index in [1.54, 1.807) is 19.2 Å². The van der Waals surface area contributed by atoms with Crippen LogP contribution in [0.1, 0.15) is 19.4 Å². The van der Waals surface area contributed by atoms with Gasteiger partial charge in [0.15, 0.2) is 4.77 Å². The lowest BCUT2D eigenvalue weighted by Gasteiger charge is -2.13. The smallest absolute Gasteiger partial charge is 0.267 e. The molecule has 0 bridgehead atoms. The summed E-state index contributed by atoms with van der Waals surface area (Å²) in [5.74, 6) is 0.410. The zero-order valence-electron chi connectivity index (χ0n) is 13.3. The zero-order valence-corrected chi connectivity index (χ0v) is 14.1. The Kier molecular flexibility index (Phi) is 5.33. The Morgan fingerprint density at radius 3 is 2.52 bits per heavy atom. The van der Waals surface area contributed by atoms with E-state index in [1.807, 2.05) is 26.0 Å². The number of aliphatic imine (C=N–C) groups is 1. The molecule has 0 saturated carbocycles. The molecule has 0 atom stereocenters. The van der Waals surface area contributed by atoms with E-state index in [4.69, 9.17) is 17.0 Å². The number of para-hydroxylation sites is 2. The standard InChI is InChI=1S/C16H19N3O3S/c1-4-18-14(20)11(15(21)19(5-2)16(18)23)10-17-12-8-6-7-9-13(12)22-3/h6-10,20H,4-5H2,1-3H3. The van der Waals surface area contributed by atoms with Crippen molar-refractivity contribution in [3.05, 3.63) is 45.0 Å². The molecule has 0 radical (unpaired) electrons.